The predicted molar refractivity (Wildman–Crippen MR) is 90.6 cm³/mol. The van der Waals surface area contributed by atoms with E-state index < -0.39 is 0 Å². The van der Waals surface area contributed by atoms with Gasteiger partial charge in [0.2, 0.25) is 0 Å². The molecule has 4 rings (SSSR count). The Morgan fingerprint density at radius 3 is 2.39 bits per heavy atom. The van der Waals surface area contributed by atoms with Gasteiger partial charge in [-0.1, -0.05) is 36.4 Å². The van der Waals surface area contributed by atoms with Crippen molar-refractivity contribution in [2.45, 2.75) is 50.4 Å². The number of aromatic hydroxyl groups is 1. The first kappa shape index (κ1) is 14.6. The van der Waals surface area contributed by atoms with Gasteiger partial charge in [-0.25, -0.2) is 0 Å². The Hall–Kier alpha value is -2.00. The van der Waals surface area contributed by atoms with Crippen molar-refractivity contribution in [3.05, 3.63) is 60.2 Å². The molecule has 23 heavy (non-hydrogen) atoms. The van der Waals surface area contributed by atoms with Crippen molar-refractivity contribution in [1.29, 1.82) is 0 Å². The normalized spacial score (nSPS) is 27.0. The molecule has 2 aromatic rings. The molecule has 2 aliphatic heterocycles. The summed E-state index contributed by atoms with van der Waals surface area (Å²) < 4.78 is 6.13. The first-order valence-electron chi connectivity index (χ1n) is 8.53. The molecule has 0 aliphatic carbocycles. The van der Waals surface area contributed by atoms with Crippen molar-refractivity contribution in [3.8, 4) is 11.5 Å². The molecule has 3 heteroatoms. The molecule has 0 radical (unpaired) electrons. The van der Waals surface area contributed by atoms with E-state index in [1.165, 1.54) is 18.4 Å². The lowest BCUT2D eigenvalue weighted by Gasteiger charge is -2.39. The second-order valence-corrected chi connectivity index (χ2v) is 6.75. The number of phenolic OH excluding ortho intramolecular Hbond substituents is 1. The number of ether oxygens (including phenoxy) is 1. The minimum atomic E-state index is 0.265. The van der Waals surface area contributed by atoms with Crippen LogP contribution in [0.25, 0.3) is 0 Å². The van der Waals surface area contributed by atoms with Gasteiger partial charge < -0.3 is 9.84 Å². The number of benzene rings is 2. The van der Waals surface area contributed by atoms with E-state index in [0.717, 1.165) is 25.1 Å². The molecule has 0 amide bonds. The molecule has 3 atom stereocenters. The van der Waals surface area contributed by atoms with Crippen LogP contribution in [0, 0.1) is 0 Å². The number of hydrogen-bond acceptors (Lipinski definition) is 3. The van der Waals surface area contributed by atoms with Gasteiger partial charge in [-0.2, -0.15) is 0 Å². The van der Waals surface area contributed by atoms with E-state index >= 15 is 0 Å². The van der Waals surface area contributed by atoms with E-state index in [0.29, 0.717) is 12.1 Å². The van der Waals surface area contributed by atoms with Crippen molar-refractivity contribution >= 4 is 0 Å². The minimum Gasteiger partial charge on any atom is -0.508 e. The Labute approximate surface area is 137 Å². The molecule has 2 aliphatic rings. The highest BCUT2D eigenvalue weighted by Gasteiger charge is 2.41. The van der Waals surface area contributed by atoms with Gasteiger partial charge in [0.05, 0.1) is 0 Å². The van der Waals surface area contributed by atoms with E-state index in [2.05, 4.69) is 35.2 Å². The maximum Gasteiger partial charge on any atom is 0.123 e. The lowest BCUT2D eigenvalue weighted by Crippen LogP contribution is -2.45. The van der Waals surface area contributed by atoms with Crippen LogP contribution in [0.1, 0.15) is 31.2 Å². The van der Waals surface area contributed by atoms with Gasteiger partial charge in [-0.15, -0.1) is 0 Å². The molecule has 0 aromatic heterocycles. The molecule has 2 heterocycles. The van der Waals surface area contributed by atoms with Gasteiger partial charge in [0, 0.05) is 24.7 Å². The highest BCUT2D eigenvalue weighted by atomic mass is 16.5. The molecular formula is C20H23NO2. The highest BCUT2D eigenvalue weighted by molar-refractivity contribution is 5.32. The second kappa shape index (κ2) is 6.25. The zero-order chi connectivity index (χ0) is 15.6. The molecule has 3 nitrogen and oxygen atoms in total. The maximum atomic E-state index is 9.58. The van der Waals surface area contributed by atoms with Crippen LogP contribution >= 0.6 is 0 Å². The fraction of sp³-hybridized carbons (Fsp3) is 0.400. The van der Waals surface area contributed by atoms with Gasteiger partial charge in [-0.3, -0.25) is 4.90 Å². The Bertz CT molecular complexity index is 644. The number of fused-ring (bicyclic) bond motifs is 2. The minimum absolute atomic E-state index is 0.265. The third-order valence-corrected chi connectivity index (χ3v) is 5.17. The van der Waals surface area contributed by atoms with Crippen LogP contribution in [0.15, 0.2) is 54.6 Å². The standard InChI is InChI=1S/C20H23NO2/c22-18-7-4-8-19(13-18)23-20-11-16-9-10-17(12-20)21(16)14-15-5-2-1-3-6-15/h1-8,13,16-17,20,22H,9-12,14H2/t16-,17+,20?. The number of phenols is 1. The van der Waals surface area contributed by atoms with Crippen molar-refractivity contribution in [1.82, 2.24) is 4.90 Å². The summed E-state index contributed by atoms with van der Waals surface area (Å²) in [4.78, 5) is 2.66. The first-order chi connectivity index (χ1) is 11.3. The van der Waals surface area contributed by atoms with Crippen LogP contribution in [0.2, 0.25) is 0 Å². The fourth-order valence-corrected chi connectivity index (χ4v) is 4.12. The monoisotopic (exact) mass is 309 g/mol. The zero-order valence-corrected chi connectivity index (χ0v) is 13.3. The Morgan fingerprint density at radius 1 is 0.957 bits per heavy atom. The smallest absolute Gasteiger partial charge is 0.123 e. The van der Waals surface area contributed by atoms with Gasteiger partial charge >= 0.3 is 0 Å². The number of rotatable bonds is 4. The van der Waals surface area contributed by atoms with E-state index in [9.17, 15) is 5.11 Å². The zero-order valence-electron chi connectivity index (χ0n) is 13.3. The summed E-state index contributed by atoms with van der Waals surface area (Å²) in [5, 5.41) is 9.58. The molecule has 2 bridgehead atoms. The van der Waals surface area contributed by atoms with Gasteiger partial charge in [0.15, 0.2) is 0 Å². The molecule has 2 fully saturated rings. The van der Waals surface area contributed by atoms with E-state index in [-0.39, 0.29) is 11.9 Å². The van der Waals surface area contributed by atoms with Gasteiger partial charge in [-0.05, 0) is 43.4 Å². The summed E-state index contributed by atoms with van der Waals surface area (Å²) in [5.74, 6) is 1.05. The fourth-order valence-electron chi connectivity index (χ4n) is 4.12. The number of piperidine rings is 1. The van der Waals surface area contributed by atoms with Crippen LogP contribution < -0.4 is 4.74 Å². The predicted octanol–water partition coefficient (Wildman–Crippen LogP) is 3.97. The summed E-state index contributed by atoms with van der Waals surface area (Å²) in [7, 11) is 0. The SMILES string of the molecule is Oc1cccc(OC2C[C@H]3CC[C@@H](C2)N3Cc2ccccc2)c1. The Kier molecular flexibility index (Phi) is 3.96. The lowest BCUT2D eigenvalue weighted by molar-refractivity contribution is 0.0444. The van der Waals surface area contributed by atoms with Crippen LogP contribution in [0.5, 0.6) is 11.5 Å². The van der Waals surface area contributed by atoms with Gasteiger partial charge in [0.25, 0.3) is 0 Å². The molecule has 2 saturated heterocycles. The van der Waals surface area contributed by atoms with E-state index in [4.69, 9.17) is 4.74 Å². The molecule has 1 unspecified atom stereocenters. The quantitative estimate of drug-likeness (QED) is 0.927. The molecule has 1 N–H and O–H groups in total. The van der Waals surface area contributed by atoms with Crippen LogP contribution in [-0.4, -0.2) is 28.2 Å². The summed E-state index contributed by atoms with van der Waals surface area (Å²) in [6, 6.07) is 19.1. The van der Waals surface area contributed by atoms with E-state index in [1.54, 1.807) is 12.1 Å². The number of nitrogens with zero attached hydrogens (tertiary/aromatic N) is 1. The summed E-state index contributed by atoms with van der Waals surface area (Å²) in [5.41, 5.74) is 1.40. The van der Waals surface area contributed by atoms with Crippen LogP contribution in [0.3, 0.4) is 0 Å². The Morgan fingerprint density at radius 2 is 1.70 bits per heavy atom. The molecular weight excluding hydrogens is 286 g/mol. The summed E-state index contributed by atoms with van der Waals surface area (Å²) in [6.07, 6.45) is 4.98. The average molecular weight is 309 g/mol. The Balaban J connectivity index is 1.41. The first-order valence-corrected chi connectivity index (χ1v) is 8.53. The molecule has 0 spiro atoms. The topological polar surface area (TPSA) is 32.7 Å². The molecule has 2 aromatic carbocycles. The van der Waals surface area contributed by atoms with Crippen LogP contribution in [-0.2, 0) is 6.54 Å². The molecule has 120 valence electrons. The van der Waals surface area contributed by atoms with Crippen molar-refractivity contribution in [3.63, 3.8) is 0 Å². The largest absolute Gasteiger partial charge is 0.508 e. The maximum absolute atomic E-state index is 9.58. The van der Waals surface area contributed by atoms with Crippen LogP contribution in [0.4, 0.5) is 0 Å². The second-order valence-electron chi connectivity index (χ2n) is 6.75. The summed E-state index contributed by atoms with van der Waals surface area (Å²) >= 11 is 0. The highest BCUT2D eigenvalue weighted by Crippen LogP contribution is 2.38. The van der Waals surface area contributed by atoms with Crippen molar-refractivity contribution in [2.75, 3.05) is 0 Å². The van der Waals surface area contributed by atoms with Crippen molar-refractivity contribution in [2.24, 2.45) is 0 Å². The van der Waals surface area contributed by atoms with E-state index in [1.807, 2.05) is 12.1 Å². The molecule has 0 saturated carbocycles. The third-order valence-electron chi connectivity index (χ3n) is 5.17. The third kappa shape index (κ3) is 3.20. The van der Waals surface area contributed by atoms with Gasteiger partial charge in [0.1, 0.15) is 17.6 Å². The lowest BCUT2D eigenvalue weighted by atomic mass is 9.98. The number of hydrogen-bond donors (Lipinski definition) is 1. The average Bonchev–Trinajstić information content (AvgIpc) is 2.79. The summed E-state index contributed by atoms with van der Waals surface area (Å²) in [6.45, 7) is 1.05. The van der Waals surface area contributed by atoms with Crippen molar-refractivity contribution < 1.29 is 9.84 Å².